The molecule has 3 heterocycles. The highest BCUT2D eigenvalue weighted by Gasteiger charge is 2.14. The Labute approximate surface area is 108 Å². The van der Waals surface area contributed by atoms with Gasteiger partial charge in [0.15, 0.2) is 0 Å². The molecule has 0 radical (unpaired) electrons. The van der Waals surface area contributed by atoms with Crippen LogP contribution in [0.5, 0.6) is 0 Å². The van der Waals surface area contributed by atoms with Crippen molar-refractivity contribution < 1.29 is 0 Å². The third-order valence-electron chi connectivity index (χ3n) is 3.28. The fraction of sp³-hybridized carbons (Fsp3) is 0. The Morgan fingerprint density at radius 2 is 1.89 bits per heavy atom. The highest BCUT2D eigenvalue weighted by molar-refractivity contribution is 6.07. The van der Waals surface area contributed by atoms with E-state index >= 15 is 0 Å². The Morgan fingerprint density at radius 3 is 2.84 bits per heavy atom. The van der Waals surface area contributed by atoms with E-state index in [1.165, 1.54) is 6.07 Å². The van der Waals surface area contributed by atoms with E-state index in [0.717, 1.165) is 33.1 Å². The van der Waals surface area contributed by atoms with E-state index in [2.05, 4.69) is 15.0 Å². The molecule has 0 saturated carbocycles. The van der Waals surface area contributed by atoms with Gasteiger partial charge in [0.1, 0.15) is 0 Å². The topological polar surface area (TPSA) is 58.6 Å². The number of H-pyrrole nitrogens is 1. The Hall–Kier alpha value is -2.75. The zero-order valence-corrected chi connectivity index (χ0v) is 9.92. The van der Waals surface area contributed by atoms with E-state index in [-0.39, 0.29) is 5.56 Å². The van der Waals surface area contributed by atoms with Crippen LogP contribution in [0.3, 0.4) is 0 Å². The summed E-state index contributed by atoms with van der Waals surface area (Å²) in [6.45, 7) is 0. The summed E-state index contributed by atoms with van der Waals surface area (Å²) in [6.07, 6.45) is 3.47. The summed E-state index contributed by atoms with van der Waals surface area (Å²) in [4.78, 5) is 23.3. The lowest BCUT2D eigenvalue weighted by Gasteiger charge is -1.97. The summed E-state index contributed by atoms with van der Waals surface area (Å²) in [6, 6.07) is 11.2. The van der Waals surface area contributed by atoms with Crippen molar-refractivity contribution >= 4 is 21.8 Å². The first-order chi connectivity index (χ1) is 9.33. The maximum absolute atomic E-state index is 11.6. The lowest BCUT2D eigenvalue weighted by Crippen LogP contribution is -2.02. The number of pyridine rings is 1. The molecule has 0 atom stereocenters. The fourth-order valence-corrected chi connectivity index (χ4v) is 2.45. The number of aromatic amines is 1. The van der Waals surface area contributed by atoms with Gasteiger partial charge in [-0.25, -0.2) is 4.98 Å². The van der Waals surface area contributed by atoms with E-state index in [1.54, 1.807) is 18.5 Å². The van der Waals surface area contributed by atoms with E-state index in [9.17, 15) is 4.79 Å². The van der Waals surface area contributed by atoms with Crippen molar-refractivity contribution in [3.63, 3.8) is 0 Å². The molecule has 2 aliphatic heterocycles. The van der Waals surface area contributed by atoms with Crippen LogP contribution < -0.4 is 5.56 Å². The summed E-state index contributed by atoms with van der Waals surface area (Å²) >= 11 is 0. The molecule has 0 aliphatic carbocycles. The zero-order valence-electron chi connectivity index (χ0n) is 9.92. The molecule has 90 valence electrons. The SMILES string of the molecule is O=c1ccc2cncc3nc4ccccc4c-3c2[nH]1. The van der Waals surface area contributed by atoms with Gasteiger partial charge in [-0.1, -0.05) is 18.2 Å². The van der Waals surface area contributed by atoms with Crippen LogP contribution in [0, 0.1) is 0 Å². The van der Waals surface area contributed by atoms with Crippen LogP contribution in [0.15, 0.2) is 53.6 Å². The van der Waals surface area contributed by atoms with Gasteiger partial charge in [-0.3, -0.25) is 9.78 Å². The second-order valence-electron chi connectivity index (χ2n) is 4.45. The molecule has 1 N–H and O–H groups in total. The molecular weight excluding hydrogens is 238 g/mol. The van der Waals surface area contributed by atoms with Gasteiger partial charge in [0.25, 0.3) is 0 Å². The van der Waals surface area contributed by atoms with Gasteiger partial charge in [0.2, 0.25) is 5.56 Å². The van der Waals surface area contributed by atoms with Crippen LogP contribution in [0.1, 0.15) is 0 Å². The number of aromatic nitrogens is 3. The Kier molecular flexibility index (Phi) is 1.94. The maximum atomic E-state index is 11.6. The van der Waals surface area contributed by atoms with Crippen LogP contribution in [0.2, 0.25) is 0 Å². The highest BCUT2D eigenvalue weighted by Crippen LogP contribution is 2.33. The normalized spacial score (nSPS) is 11.4. The molecule has 0 saturated heterocycles. The molecule has 4 rings (SSSR count). The van der Waals surface area contributed by atoms with Gasteiger partial charge in [0.05, 0.1) is 22.9 Å². The Bertz CT molecular complexity index is 943. The summed E-state index contributed by atoms with van der Waals surface area (Å²) in [5, 5.41) is 1.93. The molecule has 0 bridgehead atoms. The molecule has 2 aromatic rings. The summed E-state index contributed by atoms with van der Waals surface area (Å²) in [5.74, 6) is 0. The van der Waals surface area contributed by atoms with Crippen LogP contribution >= 0.6 is 0 Å². The molecule has 4 heteroatoms. The number of rotatable bonds is 0. The van der Waals surface area contributed by atoms with Gasteiger partial charge in [0, 0.05) is 28.6 Å². The molecule has 2 aliphatic rings. The second-order valence-corrected chi connectivity index (χ2v) is 4.45. The second kappa shape index (κ2) is 3.62. The third-order valence-corrected chi connectivity index (χ3v) is 3.28. The smallest absolute Gasteiger partial charge is 0.248 e. The van der Waals surface area contributed by atoms with Gasteiger partial charge in [-0.15, -0.1) is 0 Å². The number of fused-ring (bicyclic) bond motifs is 5. The molecule has 0 unspecified atom stereocenters. The lowest BCUT2D eigenvalue weighted by molar-refractivity contribution is 1.31. The molecule has 0 spiro atoms. The monoisotopic (exact) mass is 247 g/mol. The van der Waals surface area contributed by atoms with Crippen molar-refractivity contribution in [3.8, 4) is 11.3 Å². The van der Waals surface area contributed by atoms with Gasteiger partial charge in [-0.2, -0.15) is 0 Å². The first-order valence-corrected chi connectivity index (χ1v) is 5.98. The van der Waals surface area contributed by atoms with Crippen molar-refractivity contribution in [3.05, 3.63) is 59.1 Å². The van der Waals surface area contributed by atoms with E-state index in [0.29, 0.717) is 0 Å². The van der Waals surface area contributed by atoms with Crippen molar-refractivity contribution in [2.24, 2.45) is 0 Å². The lowest BCUT2D eigenvalue weighted by atomic mass is 10.1. The minimum atomic E-state index is -0.120. The first kappa shape index (κ1) is 10.2. The Balaban J connectivity index is 2.35. The van der Waals surface area contributed by atoms with Crippen molar-refractivity contribution in [2.75, 3.05) is 0 Å². The number of nitrogens with zero attached hydrogens (tertiary/aromatic N) is 2. The molecule has 19 heavy (non-hydrogen) atoms. The van der Waals surface area contributed by atoms with E-state index in [1.807, 2.05) is 24.3 Å². The van der Waals surface area contributed by atoms with Gasteiger partial charge < -0.3 is 4.98 Å². The average Bonchev–Trinajstić information content (AvgIpc) is 2.69. The third kappa shape index (κ3) is 1.43. The Morgan fingerprint density at radius 1 is 1.00 bits per heavy atom. The van der Waals surface area contributed by atoms with E-state index < -0.39 is 0 Å². The van der Waals surface area contributed by atoms with E-state index in [4.69, 9.17) is 0 Å². The van der Waals surface area contributed by atoms with Crippen molar-refractivity contribution in [2.45, 2.75) is 0 Å². The van der Waals surface area contributed by atoms with Crippen molar-refractivity contribution in [1.29, 1.82) is 0 Å². The van der Waals surface area contributed by atoms with Gasteiger partial charge in [-0.05, 0) is 12.1 Å². The molecule has 1 aromatic carbocycles. The van der Waals surface area contributed by atoms with Crippen LogP contribution in [0.25, 0.3) is 33.1 Å². The minimum absolute atomic E-state index is 0.120. The predicted octanol–water partition coefficient (Wildman–Crippen LogP) is 2.58. The summed E-state index contributed by atoms with van der Waals surface area (Å²) in [5.41, 5.74) is 3.31. The standard InChI is InChI=1S/C15H9N3O/c19-13-6-5-9-7-16-8-12-14(15(9)18-13)10-3-1-2-4-11(10)17-12/h1-8H,(H,18,19). The van der Waals surface area contributed by atoms with Crippen LogP contribution in [-0.4, -0.2) is 15.0 Å². The number of hydrogen-bond donors (Lipinski definition) is 1. The van der Waals surface area contributed by atoms with Crippen molar-refractivity contribution in [1.82, 2.24) is 15.0 Å². The molecular formula is C15H9N3O. The summed E-state index contributed by atoms with van der Waals surface area (Å²) in [7, 11) is 0. The highest BCUT2D eigenvalue weighted by atomic mass is 16.1. The quantitative estimate of drug-likeness (QED) is 0.519. The minimum Gasteiger partial charge on any atom is -0.321 e. The van der Waals surface area contributed by atoms with Crippen LogP contribution in [0.4, 0.5) is 0 Å². The first-order valence-electron chi connectivity index (χ1n) is 5.98. The number of hydrogen-bond acceptors (Lipinski definition) is 3. The molecule has 1 aromatic heterocycles. The van der Waals surface area contributed by atoms with Crippen LogP contribution in [-0.2, 0) is 0 Å². The predicted molar refractivity (Wildman–Crippen MR) is 74.3 cm³/mol. The molecule has 4 nitrogen and oxygen atoms in total. The molecule has 0 fully saturated rings. The number of benzene rings is 1. The van der Waals surface area contributed by atoms with Gasteiger partial charge >= 0.3 is 0 Å². The fourth-order valence-electron chi connectivity index (χ4n) is 2.45. The number of nitrogens with one attached hydrogen (secondary N) is 1. The summed E-state index contributed by atoms with van der Waals surface area (Å²) < 4.78 is 0. The molecule has 0 amide bonds. The largest absolute Gasteiger partial charge is 0.321 e. The average molecular weight is 247 g/mol. The maximum Gasteiger partial charge on any atom is 0.248 e. The zero-order chi connectivity index (χ0) is 12.8. The number of para-hydroxylation sites is 1.